The zero-order valence-electron chi connectivity index (χ0n) is 13.4. The molecule has 124 valence electrons. The van der Waals surface area contributed by atoms with Gasteiger partial charge in [0.1, 0.15) is 5.82 Å². The molecule has 1 aromatic heterocycles. The maximum absolute atomic E-state index is 14.4. The Bertz CT molecular complexity index is 856. The zero-order valence-corrected chi connectivity index (χ0v) is 13.4. The number of allylic oxidation sites excluding steroid dienone is 1. The van der Waals surface area contributed by atoms with Crippen LogP contribution in [0.15, 0.2) is 40.2 Å². The van der Waals surface area contributed by atoms with E-state index in [1.165, 1.54) is 6.07 Å². The number of hydrogen-bond acceptors (Lipinski definition) is 6. The van der Waals surface area contributed by atoms with E-state index in [2.05, 4.69) is 20.9 Å². The number of carbonyl (C=O) groups is 1. The molecule has 6 nitrogen and oxygen atoms in total. The quantitative estimate of drug-likeness (QED) is 0.835. The van der Waals surface area contributed by atoms with Gasteiger partial charge in [0.2, 0.25) is 11.6 Å². The van der Waals surface area contributed by atoms with E-state index in [1.54, 1.807) is 18.2 Å². The molecule has 7 heteroatoms. The SMILES string of the molecule is CC1(C)CC(=O)C2=C(C1)Nc1nonc1NC2c1ccccc1F. The number of fused-ring (bicyclic) bond motifs is 1. The van der Waals surface area contributed by atoms with Crippen molar-refractivity contribution in [2.75, 3.05) is 10.6 Å². The first-order valence-corrected chi connectivity index (χ1v) is 7.81. The van der Waals surface area contributed by atoms with Crippen LogP contribution in [0.5, 0.6) is 0 Å². The van der Waals surface area contributed by atoms with Gasteiger partial charge in [-0.2, -0.15) is 0 Å². The highest BCUT2D eigenvalue weighted by Gasteiger charge is 2.40. The van der Waals surface area contributed by atoms with Crippen molar-refractivity contribution in [1.82, 2.24) is 10.3 Å². The van der Waals surface area contributed by atoms with E-state index in [4.69, 9.17) is 4.63 Å². The molecule has 0 bridgehead atoms. The predicted octanol–water partition coefficient (Wildman–Crippen LogP) is 3.43. The largest absolute Gasteiger partial charge is 0.353 e. The van der Waals surface area contributed by atoms with Gasteiger partial charge >= 0.3 is 0 Å². The lowest BCUT2D eigenvalue weighted by molar-refractivity contribution is -0.118. The number of nitrogens with zero attached hydrogens (tertiary/aromatic N) is 2. The number of ketones is 1. The normalized spacial score (nSPS) is 22.1. The number of Topliss-reactive ketones (excluding diaryl/α,β-unsaturated/α-hetero) is 1. The molecule has 1 aliphatic heterocycles. The molecule has 0 fully saturated rings. The maximum Gasteiger partial charge on any atom is 0.219 e. The Morgan fingerprint density at radius 2 is 1.96 bits per heavy atom. The van der Waals surface area contributed by atoms with Crippen LogP contribution in [-0.4, -0.2) is 16.1 Å². The van der Waals surface area contributed by atoms with E-state index in [1.807, 2.05) is 13.8 Å². The van der Waals surface area contributed by atoms with E-state index in [0.29, 0.717) is 35.6 Å². The van der Waals surface area contributed by atoms with Gasteiger partial charge < -0.3 is 10.6 Å². The van der Waals surface area contributed by atoms with Crippen LogP contribution in [0.1, 0.15) is 38.3 Å². The van der Waals surface area contributed by atoms with Crippen LogP contribution >= 0.6 is 0 Å². The maximum atomic E-state index is 14.4. The monoisotopic (exact) mass is 328 g/mol. The summed E-state index contributed by atoms with van der Waals surface area (Å²) in [6.07, 6.45) is 1.07. The number of rotatable bonds is 1. The van der Waals surface area contributed by atoms with Crippen molar-refractivity contribution in [3.05, 3.63) is 46.9 Å². The molecular weight excluding hydrogens is 311 g/mol. The minimum absolute atomic E-state index is 0.00315. The van der Waals surface area contributed by atoms with Crippen molar-refractivity contribution in [2.45, 2.75) is 32.7 Å². The van der Waals surface area contributed by atoms with Crippen molar-refractivity contribution in [2.24, 2.45) is 5.41 Å². The Kier molecular flexibility index (Phi) is 3.19. The topological polar surface area (TPSA) is 80.1 Å². The summed E-state index contributed by atoms with van der Waals surface area (Å²) in [7, 11) is 0. The van der Waals surface area contributed by atoms with Gasteiger partial charge in [-0.3, -0.25) is 4.79 Å². The molecular formula is C17H17FN4O2. The molecule has 2 aromatic rings. The lowest BCUT2D eigenvalue weighted by Crippen LogP contribution is -2.31. The number of halogens is 1. The van der Waals surface area contributed by atoms with Crippen LogP contribution in [0.4, 0.5) is 16.0 Å². The Labute approximate surface area is 138 Å². The molecule has 4 rings (SSSR count). The minimum Gasteiger partial charge on any atom is -0.353 e. The van der Waals surface area contributed by atoms with Crippen LogP contribution in [0.25, 0.3) is 0 Å². The molecule has 2 aliphatic rings. The Morgan fingerprint density at radius 3 is 2.75 bits per heavy atom. The number of anilines is 2. The number of hydrogen-bond donors (Lipinski definition) is 2. The van der Waals surface area contributed by atoms with Crippen LogP contribution in [0.3, 0.4) is 0 Å². The number of carbonyl (C=O) groups excluding carboxylic acids is 1. The summed E-state index contributed by atoms with van der Waals surface area (Å²) in [6, 6.07) is 5.79. The van der Waals surface area contributed by atoms with Crippen molar-refractivity contribution >= 4 is 17.4 Å². The van der Waals surface area contributed by atoms with E-state index < -0.39 is 6.04 Å². The second-order valence-corrected chi connectivity index (χ2v) is 7.02. The standard InChI is InChI=1S/C17H17FN4O2/c1-17(2)7-11-13(12(23)8-17)14(9-5-3-4-6-10(9)18)20-16-15(19-11)21-24-22-16/h3-6,14H,7-8H2,1-2H3,(H,19,21)(H,20,22). The van der Waals surface area contributed by atoms with Gasteiger partial charge in [0.05, 0.1) is 6.04 Å². The first kappa shape index (κ1) is 14.9. The molecule has 2 N–H and O–H groups in total. The van der Waals surface area contributed by atoms with Crippen LogP contribution < -0.4 is 10.6 Å². The van der Waals surface area contributed by atoms with Gasteiger partial charge in [0, 0.05) is 23.3 Å². The van der Waals surface area contributed by atoms with Crippen LogP contribution in [0, 0.1) is 11.2 Å². The fraction of sp³-hybridized carbons (Fsp3) is 0.353. The summed E-state index contributed by atoms with van der Waals surface area (Å²) in [5.74, 6) is 0.395. The molecule has 0 amide bonds. The van der Waals surface area contributed by atoms with Gasteiger partial charge in [-0.05, 0) is 28.2 Å². The molecule has 1 unspecified atom stereocenters. The second kappa shape index (κ2) is 5.15. The number of nitrogens with one attached hydrogen (secondary N) is 2. The van der Waals surface area contributed by atoms with E-state index in [9.17, 15) is 9.18 Å². The Morgan fingerprint density at radius 1 is 1.21 bits per heavy atom. The third-order valence-electron chi connectivity index (χ3n) is 4.46. The Hall–Kier alpha value is -2.70. The van der Waals surface area contributed by atoms with Crippen molar-refractivity contribution in [3.63, 3.8) is 0 Å². The second-order valence-electron chi connectivity index (χ2n) is 7.02. The predicted molar refractivity (Wildman–Crippen MR) is 85.7 cm³/mol. The summed E-state index contributed by atoms with van der Waals surface area (Å²) < 4.78 is 19.2. The molecule has 0 saturated heterocycles. The van der Waals surface area contributed by atoms with Gasteiger partial charge in [-0.1, -0.05) is 32.0 Å². The molecule has 0 spiro atoms. The molecule has 24 heavy (non-hydrogen) atoms. The highest BCUT2D eigenvalue weighted by Crippen LogP contribution is 2.44. The first-order valence-electron chi connectivity index (χ1n) is 7.81. The van der Waals surface area contributed by atoms with E-state index in [0.717, 1.165) is 5.70 Å². The first-order chi connectivity index (χ1) is 11.4. The number of aromatic nitrogens is 2. The highest BCUT2D eigenvalue weighted by atomic mass is 19.1. The molecule has 0 radical (unpaired) electrons. The summed E-state index contributed by atoms with van der Waals surface area (Å²) in [6.45, 7) is 4.07. The summed E-state index contributed by atoms with van der Waals surface area (Å²) in [5.41, 5.74) is 1.51. The molecule has 1 aromatic carbocycles. The van der Waals surface area contributed by atoms with Crippen LogP contribution in [0.2, 0.25) is 0 Å². The third-order valence-corrected chi connectivity index (χ3v) is 4.46. The van der Waals surface area contributed by atoms with Gasteiger partial charge in [0.15, 0.2) is 5.78 Å². The van der Waals surface area contributed by atoms with Crippen molar-refractivity contribution in [3.8, 4) is 0 Å². The average molecular weight is 328 g/mol. The summed E-state index contributed by atoms with van der Waals surface area (Å²) in [4.78, 5) is 12.8. The Balaban J connectivity index is 1.90. The summed E-state index contributed by atoms with van der Waals surface area (Å²) >= 11 is 0. The van der Waals surface area contributed by atoms with Crippen LogP contribution in [-0.2, 0) is 4.79 Å². The van der Waals surface area contributed by atoms with Crippen molar-refractivity contribution in [1.29, 1.82) is 0 Å². The third kappa shape index (κ3) is 2.36. The van der Waals surface area contributed by atoms with Gasteiger partial charge in [-0.25, -0.2) is 9.02 Å². The van der Waals surface area contributed by atoms with Crippen molar-refractivity contribution < 1.29 is 13.8 Å². The fourth-order valence-electron chi connectivity index (χ4n) is 3.44. The molecule has 2 heterocycles. The molecule has 1 atom stereocenters. The number of benzene rings is 1. The smallest absolute Gasteiger partial charge is 0.219 e. The summed E-state index contributed by atoms with van der Waals surface area (Å²) in [5, 5.41) is 13.9. The van der Waals surface area contributed by atoms with Gasteiger partial charge in [0.25, 0.3) is 0 Å². The lowest BCUT2D eigenvalue weighted by atomic mass is 9.73. The zero-order chi connectivity index (χ0) is 16.9. The van der Waals surface area contributed by atoms with E-state index >= 15 is 0 Å². The lowest BCUT2D eigenvalue weighted by Gasteiger charge is -2.34. The molecule has 0 saturated carbocycles. The fourth-order valence-corrected chi connectivity index (χ4v) is 3.44. The minimum atomic E-state index is -0.634. The highest BCUT2D eigenvalue weighted by molar-refractivity contribution is 6.00. The average Bonchev–Trinajstić information content (AvgIpc) is 2.86. The van der Waals surface area contributed by atoms with E-state index in [-0.39, 0.29) is 17.0 Å². The molecule has 1 aliphatic carbocycles. The van der Waals surface area contributed by atoms with Gasteiger partial charge in [-0.15, -0.1) is 0 Å².